The monoisotopic (exact) mass is 657 g/mol. The van der Waals surface area contributed by atoms with Gasteiger partial charge in [-0.1, -0.05) is 152 Å². The lowest BCUT2D eigenvalue weighted by Gasteiger charge is -2.14. The predicted octanol–water partition coefficient (Wildman–Crippen LogP) is 13.8. The van der Waals surface area contributed by atoms with E-state index >= 15 is 0 Å². The summed E-state index contributed by atoms with van der Waals surface area (Å²) in [5.74, 6) is 0. The Balaban J connectivity index is 1.09. The van der Waals surface area contributed by atoms with Crippen LogP contribution in [-0.4, -0.2) is 4.57 Å². The van der Waals surface area contributed by atoms with Crippen molar-refractivity contribution >= 4 is 75.7 Å². The molecule has 1 aromatic heterocycles. The molecule has 10 aromatic carbocycles. The molecule has 0 fully saturated rings. The second kappa shape index (κ2) is 10.4. The fraction of sp³-hybridized carbons (Fsp3) is 0.0196. The first-order chi connectivity index (χ1) is 25.8. The van der Waals surface area contributed by atoms with Crippen molar-refractivity contribution in [3.8, 4) is 27.9 Å². The van der Waals surface area contributed by atoms with E-state index in [4.69, 9.17) is 0 Å². The van der Waals surface area contributed by atoms with E-state index in [2.05, 4.69) is 180 Å². The van der Waals surface area contributed by atoms with E-state index in [0.717, 1.165) is 6.42 Å². The van der Waals surface area contributed by atoms with Crippen LogP contribution in [0.5, 0.6) is 0 Å². The molecule has 0 saturated heterocycles. The Hall–Kier alpha value is -6.70. The van der Waals surface area contributed by atoms with Crippen molar-refractivity contribution in [1.82, 2.24) is 4.57 Å². The molecule has 0 aliphatic heterocycles. The van der Waals surface area contributed by atoms with Gasteiger partial charge in [0.1, 0.15) is 0 Å². The van der Waals surface area contributed by atoms with Crippen LogP contribution in [0.4, 0.5) is 0 Å². The van der Waals surface area contributed by atoms with Crippen molar-refractivity contribution in [1.29, 1.82) is 0 Å². The van der Waals surface area contributed by atoms with Gasteiger partial charge in [-0.3, -0.25) is 0 Å². The highest BCUT2D eigenvalue weighted by Crippen LogP contribution is 2.47. The van der Waals surface area contributed by atoms with Crippen molar-refractivity contribution in [2.24, 2.45) is 0 Å². The SMILES string of the molecule is c1cc(-c2ccc3c4ccccc4c4ccccc4c3c2)c2c(c1)-c1cccc(-n3c4ccc5ccccc5c4c4c5ccccc5ccc43)c1C2. The van der Waals surface area contributed by atoms with Crippen LogP contribution in [0.15, 0.2) is 176 Å². The normalized spacial score (nSPS) is 12.5. The minimum Gasteiger partial charge on any atom is -0.309 e. The highest BCUT2D eigenvalue weighted by Gasteiger charge is 2.27. The number of hydrogen-bond acceptors (Lipinski definition) is 0. The van der Waals surface area contributed by atoms with Gasteiger partial charge in [-0.05, 0) is 112 Å². The van der Waals surface area contributed by atoms with Crippen molar-refractivity contribution < 1.29 is 0 Å². The van der Waals surface area contributed by atoms with Crippen LogP contribution in [0.1, 0.15) is 11.1 Å². The third-order valence-electron chi connectivity index (χ3n) is 11.8. The van der Waals surface area contributed by atoms with E-state index in [9.17, 15) is 0 Å². The van der Waals surface area contributed by atoms with E-state index in [1.165, 1.54) is 115 Å². The Kier molecular flexibility index (Phi) is 5.62. The Bertz CT molecular complexity index is 3190. The van der Waals surface area contributed by atoms with Gasteiger partial charge in [0.2, 0.25) is 0 Å². The number of nitrogens with zero attached hydrogens (tertiary/aromatic N) is 1. The van der Waals surface area contributed by atoms with Gasteiger partial charge in [-0.15, -0.1) is 0 Å². The second-order valence-electron chi connectivity index (χ2n) is 14.4. The highest BCUT2D eigenvalue weighted by atomic mass is 15.0. The molecule has 1 heteroatoms. The van der Waals surface area contributed by atoms with Gasteiger partial charge in [0.15, 0.2) is 0 Å². The van der Waals surface area contributed by atoms with Crippen molar-refractivity contribution in [2.45, 2.75) is 6.42 Å². The molecule has 1 heterocycles. The van der Waals surface area contributed by atoms with E-state index < -0.39 is 0 Å². The number of aromatic nitrogens is 1. The third-order valence-corrected chi connectivity index (χ3v) is 11.8. The van der Waals surface area contributed by atoms with E-state index in [1.54, 1.807) is 0 Å². The van der Waals surface area contributed by atoms with Crippen LogP contribution in [-0.2, 0) is 6.42 Å². The summed E-state index contributed by atoms with van der Waals surface area (Å²) in [4.78, 5) is 0. The lowest BCUT2D eigenvalue weighted by molar-refractivity contribution is 1.12. The summed E-state index contributed by atoms with van der Waals surface area (Å²) in [5, 5.41) is 15.7. The molecule has 1 aliphatic carbocycles. The third kappa shape index (κ3) is 3.72. The molecule has 0 atom stereocenters. The van der Waals surface area contributed by atoms with Crippen LogP contribution in [0.2, 0.25) is 0 Å². The van der Waals surface area contributed by atoms with Gasteiger partial charge in [0.05, 0.1) is 16.7 Å². The second-order valence-corrected chi connectivity index (χ2v) is 14.4. The molecule has 0 N–H and O–H groups in total. The summed E-state index contributed by atoms with van der Waals surface area (Å²) >= 11 is 0. The van der Waals surface area contributed by atoms with Crippen LogP contribution in [0, 0.1) is 0 Å². The van der Waals surface area contributed by atoms with Gasteiger partial charge in [0.25, 0.3) is 0 Å². The average Bonchev–Trinajstić information content (AvgIpc) is 3.77. The summed E-state index contributed by atoms with van der Waals surface area (Å²) in [5.41, 5.74) is 11.8. The molecular formula is C51H31N. The first-order valence-corrected chi connectivity index (χ1v) is 18.2. The van der Waals surface area contributed by atoms with E-state index in [1.807, 2.05) is 0 Å². The van der Waals surface area contributed by atoms with Crippen LogP contribution < -0.4 is 0 Å². The van der Waals surface area contributed by atoms with Gasteiger partial charge < -0.3 is 4.57 Å². The summed E-state index contributed by atoms with van der Waals surface area (Å²) in [7, 11) is 0. The first kappa shape index (κ1) is 28.0. The summed E-state index contributed by atoms with van der Waals surface area (Å²) in [6.45, 7) is 0. The Morgan fingerprint density at radius 2 is 0.808 bits per heavy atom. The van der Waals surface area contributed by atoms with Gasteiger partial charge in [-0.25, -0.2) is 0 Å². The van der Waals surface area contributed by atoms with Crippen molar-refractivity contribution in [2.75, 3.05) is 0 Å². The Morgan fingerprint density at radius 3 is 1.42 bits per heavy atom. The van der Waals surface area contributed by atoms with Crippen LogP contribution in [0.3, 0.4) is 0 Å². The summed E-state index contributed by atoms with van der Waals surface area (Å²) in [6, 6.07) is 65.6. The molecule has 1 aliphatic rings. The molecule has 0 radical (unpaired) electrons. The molecule has 1 nitrogen and oxygen atoms in total. The predicted molar refractivity (Wildman–Crippen MR) is 222 cm³/mol. The number of benzene rings is 10. The standard InChI is InChI=1S/C51H31N/c1-3-13-35-31(11-1)24-27-48-50(35)51-36-14-4-2-12-32(36)25-28-49(51)52(48)47-22-10-21-42-41-20-9-19-34(45(41)30-46(42)47)33-23-26-43-39-17-6-5-15-37(39)38-16-7-8-18-40(38)44(43)29-33/h1-29H,30H2. The van der Waals surface area contributed by atoms with Crippen molar-refractivity contribution in [3.05, 3.63) is 187 Å². The maximum absolute atomic E-state index is 2.54. The largest absolute Gasteiger partial charge is 0.309 e. The topological polar surface area (TPSA) is 4.93 Å². The lowest BCUT2D eigenvalue weighted by atomic mass is 9.90. The number of hydrogen-bond donors (Lipinski definition) is 0. The average molecular weight is 658 g/mol. The molecule has 0 bridgehead atoms. The van der Waals surface area contributed by atoms with Gasteiger partial charge >= 0.3 is 0 Å². The minimum atomic E-state index is 0.885. The minimum absolute atomic E-state index is 0.885. The summed E-state index contributed by atoms with van der Waals surface area (Å²) in [6.07, 6.45) is 0.885. The maximum Gasteiger partial charge on any atom is 0.0547 e. The molecular weight excluding hydrogens is 627 g/mol. The van der Waals surface area contributed by atoms with Crippen LogP contribution >= 0.6 is 0 Å². The number of rotatable bonds is 2. The molecule has 11 aromatic rings. The fourth-order valence-corrected chi connectivity index (χ4v) is 9.58. The zero-order chi connectivity index (χ0) is 33.9. The van der Waals surface area contributed by atoms with E-state index in [0.29, 0.717) is 0 Å². The zero-order valence-electron chi connectivity index (χ0n) is 28.4. The number of fused-ring (bicyclic) bond motifs is 16. The molecule has 240 valence electrons. The Morgan fingerprint density at radius 1 is 0.327 bits per heavy atom. The molecule has 0 spiro atoms. The van der Waals surface area contributed by atoms with Gasteiger partial charge in [-0.2, -0.15) is 0 Å². The zero-order valence-corrected chi connectivity index (χ0v) is 28.4. The quantitative estimate of drug-likeness (QED) is 0.163. The smallest absolute Gasteiger partial charge is 0.0547 e. The van der Waals surface area contributed by atoms with Gasteiger partial charge in [0, 0.05) is 17.2 Å². The molecule has 0 unspecified atom stereocenters. The first-order valence-electron chi connectivity index (χ1n) is 18.2. The lowest BCUT2D eigenvalue weighted by Crippen LogP contribution is -1.99. The molecule has 0 amide bonds. The molecule has 12 rings (SSSR count). The maximum atomic E-state index is 2.54. The molecule has 0 saturated carbocycles. The van der Waals surface area contributed by atoms with E-state index in [-0.39, 0.29) is 0 Å². The van der Waals surface area contributed by atoms with Crippen molar-refractivity contribution in [3.63, 3.8) is 0 Å². The molecule has 52 heavy (non-hydrogen) atoms. The highest BCUT2D eigenvalue weighted by molar-refractivity contribution is 6.29. The summed E-state index contributed by atoms with van der Waals surface area (Å²) < 4.78 is 2.54. The Labute approximate surface area is 300 Å². The van der Waals surface area contributed by atoms with Crippen LogP contribution in [0.25, 0.3) is 104 Å². The fourth-order valence-electron chi connectivity index (χ4n) is 9.58.